The van der Waals surface area contributed by atoms with E-state index in [0.29, 0.717) is 17.2 Å². The van der Waals surface area contributed by atoms with E-state index in [2.05, 4.69) is 24.1 Å². The Bertz CT molecular complexity index is 435. The van der Waals surface area contributed by atoms with E-state index >= 15 is 0 Å². The zero-order valence-electron chi connectivity index (χ0n) is 11.7. The Kier molecular flexibility index (Phi) is 6.09. The molecule has 0 radical (unpaired) electrons. The van der Waals surface area contributed by atoms with Crippen molar-refractivity contribution in [3.8, 4) is 0 Å². The number of rotatable bonds is 6. The molecular weight excluding hydrogens is 262 g/mol. The van der Waals surface area contributed by atoms with Crippen LogP contribution in [0.4, 0.5) is 5.69 Å². The third kappa shape index (κ3) is 5.47. The van der Waals surface area contributed by atoms with Crippen molar-refractivity contribution in [1.82, 2.24) is 10.3 Å². The molecule has 1 unspecified atom stereocenters. The normalized spacial score (nSPS) is 12.5. The smallest absolute Gasteiger partial charge is 0.253 e. The largest absolute Gasteiger partial charge is 0.397 e. The molecule has 1 rings (SSSR count). The van der Waals surface area contributed by atoms with Crippen molar-refractivity contribution in [3.05, 3.63) is 23.0 Å². The first kappa shape index (κ1) is 15.8. The third-order valence-corrected chi connectivity index (χ3v) is 3.15. The number of nitrogens with two attached hydrogens (primary N) is 1. The van der Waals surface area contributed by atoms with Gasteiger partial charge < -0.3 is 11.1 Å². The molecule has 19 heavy (non-hydrogen) atoms. The third-order valence-electron chi connectivity index (χ3n) is 2.94. The number of aromatic nitrogens is 1. The van der Waals surface area contributed by atoms with Gasteiger partial charge in [-0.05, 0) is 25.3 Å². The van der Waals surface area contributed by atoms with Gasteiger partial charge in [0.15, 0.2) is 0 Å². The molecule has 5 heteroatoms. The Morgan fingerprint density at radius 2 is 2.11 bits per heavy atom. The zero-order valence-corrected chi connectivity index (χ0v) is 12.5. The Morgan fingerprint density at radius 1 is 1.42 bits per heavy atom. The summed E-state index contributed by atoms with van der Waals surface area (Å²) in [4.78, 5) is 15.9. The minimum absolute atomic E-state index is 0.123. The summed E-state index contributed by atoms with van der Waals surface area (Å²) >= 11 is 5.77. The van der Waals surface area contributed by atoms with Crippen molar-refractivity contribution in [3.63, 3.8) is 0 Å². The van der Waals surface area contributed by atoms with E-state index in [9.17, 15) is 4.79 Å². The number of hydrogen-bond acceptors (Lipinski definition) is 3. The fraction of sp³-hybridized carbons (Fsp3) is 0.571. The Labute approximate surface area is 119 Å². The number of carbonyl (C=O) groups excluding carboxylic acids is 1. The first-order valence-electron chi connectivity index (χ1n) is 6.62. The average Bonchev–Trinajstić information content (AvgIpc) is 2.31. The Balaban J connectivity index is 2.52. The van der Waals surface area contributed by atoms with Gasteiger partial charge >= 0.3 is 0 Å². The number of nitrogens with one attached hydrogen (secondary N) is 1. The maximum atomic E-state index is 12.0. The second-order valence-electron chi connectivity index (χ2n) is 5.29. The predicted molar refractivity (Wildman–Crippen MR) is 79.3 cm³/mol. The van der Waals surface area contributed by atoms with E-state index in [0.717, 1.165) is 12.8 Å². The molecule has 4 nitrogen and oxygen atoms in total. The highest BCUT2D eigenvalue weighted by atomic mass is 35.5. The lowest BCUT2D eigenvalue weighted by Gasteiger charge is -2.15. The molecule has 0 saturated heterocycles. The molecule has 1 atom stereocenters. The van der Waals surface area contributed by atoms with Crippen LogP contribution in [0.3, 0.4) is 0 Å². The van der Waals surface area contributed by atoms with Crippen LogP contribution >= 0.6 is 11.6 Å². The first-order chi connectivity index (χ1) is 8.90. The summed E-state index contributed by atoms with van der Waals surface area (Å²) < 4.78 is 0. The van der Waals surface area contributed by atoms with Gasteiger partial charge in [0.1, 0.15) is 5.15 Å². The van der Waals surface area contributed by atoms with Crippen molar-refractivity contribution >= 4 is 23.2 Å². The van der Waals surface area contributed by atoms with Crippen LogP contribution in [0.5, 0.6) is 0 Å². The van der Waals surface area contributed by atoms with Crippen molar-refractivity contribution in [2.24, 2.45) is 5.92 Å². The molecule has 0 aromatic carbocycles. The number of amides is 1. The SMILES string of the molecule is CC(C)CCCC(C)NC(=O)c1cc(Cl)ncc1N. The fourth-order valence-electron chi connectivity index (χ4n) is 1.84. The van der Waals surface area contributed by atoms with Gasteiger partial charge in [0.25, 0.3) is 5.91 Å². The summed E-state index contributed by atoms with van der Waals surface area (Å²) in [5.41, 5.74) is 6.45. The quantitative estimate of drug-likeness (QED) is 0.788. The molecule has 0 aliphatic carbocycles. The maximum absolute atomic E-state index is 12.0. The molecule has 0 fully saturated rings. The molecule has 1 heterocycles. The van der Waals surface area contributed by atoms with E-state index in [1.54, 1.807) is 0 Å². The van der Waals surface area contributed by atoms with Crippen LogP contribution < -0.4 is 11.1 Å². The summed E-state index contributed by atoms with van der Waals surface area (Å²) in [6.07, 6.45) is 4.64. The Morgan fingerprint density at radius 3 is 2.74 bits per heavy atom. The fourth-order valence-corrected chi connectivity index (χ4v) is 2.00. The molecule has 1 aromatic rings. The van der Waals surface area contributed by atoms with E-state index in [1.165, 1.54) is 18.7 Å². The van der Waals surface area contributed by atoms with E-state index in [-0.39, 0.29) is 17.1 Å². The highest BCUT2D eigenvalue weighted by Crippen LogP contribution is 2.15. The lowest BCUT2D eigenvalue weighted by Crippen LogP contribution is -2.33. The summed E-state index contributed by atoms with van der Waals surface area (Å²) in [6.45, 7) is 6.39. The molecule has 1 aromatic heterocycles. The molecule has 0 spiro atoms. The number of nitrogens with zero attached hydrogens (tertiary/aromatic N) is 1. The van der Waals surface area contributed by atoms with Gasteiger partial charge in [0.2, 0.25) is 0 Å². The Hall–Kier alpha value is -1.29. The van der Waals surface area contributed by atoms with E-state index < -0.39 is 0 Å². The van der Waals surface area contributed by atoms with Gasteiger partial charge in [-0.2, -0.15) is 0 Å². The molecule has 3 N–H and O–H groups in total. The van der Waals surface area contributed by atoms with Gasteiger partial charge in [-0.15, -0.1) is 0 Å². The highest BCUT2D eigenvalue weighted by molar-refractivity contribution is 6.29. The van der Waals surface area contributed by atoms with Gasteiger partial charge in [-0.25, -0.2) is 4.98 Å². The van der Waals surface area contributed by atoms with Crippen molar-refractivity contribution in [2.75, 3.05) is 5.73 Å². The van der Waals surface area contributed by atoms with Crippen LogP contribution in [-0.4, -0.2) is 16.9 Å². The lowest BCUT2D eigenvalue weighted by atomic mass is 10.0. The highest BCUT2D eigenvalue weighted by Gasteiger charge is 2.13. The van der Waals surface area contributed by atoms with E-state index in [1.807, 2.05) is 6.92 Å². The molecular formula is C14H22ClN3O. The molecule has 0 saturated carbocycles. The number of nitrogen functional groups attached to an aromatic ring is 1. The number of carbonyl (C=O) groups is 1. The standard InChI is InChI=1S/C14H22ClN3O/c1-9(2)5-4-6-10(3)18-14(19)11-7-13(15)17-8-12(11)16/h7-10H,4-6,16H2,1-3H3,(H,18,19). The second-order valence-corrected chi connectivity index (χ2v) is 5.68. The number of anilines is 1. The van der Waals surface area contributed by atoms with Crippen LogP contribution in [0.2, 0.25) is 5.15 Å². The van der Waals surface area contributed by atoms with Crippen LogP contribution in [0, 0.1) is 5.92 Å². The average molecular weight is 284 g/mol. The molecule has 106 valence electrons. The number of hydrogen-bond donors (Lipinski definition) is 2. The zero-order chi connectivity index (χ0) is 14.4. The summed E-state index contributed by atoms with van der Waals surface area (Å²) in [5, 5.41) is 3.20. The number of halogens is 1. The second kappa shape index (κ2) is 7.34. The predicted octanol–water partition coefficient (Wildman–Crippen LogP) is 3.26. The summed E-state index contributed by atoms with van der Waals surface area (Å²) in [5.74, 6) is 0.497. The van der Waals surface area contributed by atoms with Crippen LogP contribution in [0.25, 0.3) is 0 Å². The van der Waals surface area contributed by atoms with Gasteiger partial charge in [-0.1, -0.05) is 38.3 Å². The molecule has 0 bridgehead atoms. The molecule has 0 aliphatic rings. The van der Waals surface area contributed by atoms with Gasteiger partial charge in [0.05, 0.1) is 17.4 Å². The van der Waals surface area contributed by atoms with Crippen molar-refractivity contribution in [1.29, 1.82) is 0 Å². The first-order valence-corrected chi connectivity index (χ1v) is 6.99. The molecule has 1 amide bonds. The summed E-state index contributed by atoms with van der Waals surface area (Å²) in [6, 6.07) is 1.62. The van der Waals surface area contributed by atoms with Crippen LogP contribution in [0.1, 0.15) is 50.4 Å². The monoisotopic (exact) mass is 283 g/mol. The number of pyridine rings is 1. The van der Waals surface area contributed by atoms with Gasteiger partial charge in [-0.3, -0.25) is 4.79 Å². The molecule has 0 aliphatic heterocycles. The minimum atomic E-state index is -0.196. The van der Waals surface area contributed by atoms with Crippen LogP contribution in [-0.2, 0) is 0 Å². The topological polar surface area (TPSA) is 68.0 Å². The summed E-state index contributed by atoms with van der Waals surface area (Å²) in [7, 11) is 0. The minimum Gasteiger partial charge on any atom is -0.397 e. The lowest BCUT2D eigenvalue weighted by molar-refractivity contribution is 0.0938. The van der Waals surface area contributed by atoms with Crippen LogP contribution in [0.15, 0.2) is 12.3 Å². The van der Waals surface area contributed by atoms with Crippen molar-refractivity contribution in [2.45, 2.75) is 46.1 Å². The van der Waals surface area contributed by atoms with Gasteiger partial charge in [0, 0.05) is 6.04 Å². The van der Waals surface area contributed by atoms with Crippen molar-refractivity contribution < 1.29 is 4.79 Å². The van der Waals surface area contributed by atoms with E-state index in [4.69, 9.17) is 17.3 Å². The maximum Gasteiger partial charge on any atom is 0.253 e.